The van der Waals surface area contributed by atoms with E-state index in [9.17, 15) is 0 Å². The Kier molecular flexibility index (Phi) is 2.44. The standard InChI is InChI=1S/C11H16N4/c1-7(5-12)10-6-13-15-9(3)4-8(2)14-11(10)15/h4,6-7H,5,12H2,1-3H3. The fraction of sp³-hybridized carbons (Fsp3) is 0.455. The molecule has 1 atom stereocenters. The summed E-state index contributed by atoms with van der Waals surface area (Å²) in [7, 11) is 0. The van der Waals surface area contributed by atoms with E-state index in [1.807, 2.05) is 30.6 Å². The zero-order chi connectivity index (χ0) is 11.0. The van der Waals surface area contributed by atoms with Gasteiger partial charge in [0.2, 0.25) is 0 Å². The molecule has 0 bridgehead atoms. The topological polar surface area (TPSA) is 56.2 Å². The molecule has 2 rings (SSSR count). The molecule has 2 aromatic heterocycles. The summed E-state index contributed by atoms with van der Waals surface area (Å²) in [6.07, 6.45) is 1.87. The monoisotopic (exact) mass is 204 g/mol. The van der Waals surface area contributed by atoms with Crippen molar-refractivity contribution >= 4 is 5.65 Å². The third-order valence-electron chi connectivity index (χ3n) is 2.69. The van der Waals surface area contributed by atoms with Gasteiger partial charge in [-0.05, 0) is 32.4 Å². The fourth-order valence-corrected chi connectivity index (χ4v) is 1.76. The van der Waals surface area contributed by atoms with E-state index in [-0.39, 0.29) is 0 Å². The lowest BCUT2D eigenvalue weighted by molar-refractivity contribution is 0.777. The van der Waals surface area contributed by atoms with Gasteiger partial charge < -0.3 is 5.73 Å². The first-order valence-corrected chi connectivity index (χ1v) is 5.15. The van der Waals surface area contributed by atoms with Gasteiger partial charge in [-0.25, -0.2) is 9.50 Å². The maximum Gasteiger partial charge on any atom is 0.158 e. The molecule has 0 saturated carbocycles. The highest BCUT2D eigenvalue weighted by molar-refractivity contribution is 5.49. The number of hydrogen-bond donors (Lipinski definition) is 1. The van der Waals surface area contributed by atoms with Crippen LogP contribution in [0.4, 0.5) is 0 Å². The second kappa shape index (κ2) is 3.62. The van der Waals surface area contributed by atoms with E-state index in [4.69, 9.17) is 5.73 Å². The van der Waals surface area contributed by atoms with Gasteiger partial charge in [0.1, 0.15) is 0 Å². The van der Waals surface area contributed by atoms with Crippen LogP contribution in [0, 0.1) is 13.8 Å². The molecule has 4 heteroatoms. The predicted molar refractivity (Wildman–Crippen MR) is 59.9 cm³/mol. The first-order chi connectivity index (χ1) is 7.13. The molecule has 1 unspecified atom stereocenters. The molecule has 0 spiro atoms. The van der Waals surface area contributed by atoms with Crippen molar-refractivity contribution in [3.05, 3.63) is 29.2 Å². The van der Waals surface area contributed by atoms with E-state index in [0.29, 0.717) is 12.5 Å². The van der Waals surface area contributed by atoms with Crippen molar-refractivity contribution in [1.29, 1.82) is 0 Å². The van der Waals surface area contributed by atoms with E-state index in [2.05, 4.69) is 17.0 Å². The van der Waals surface area contributed by atoms with Gasteiger partial charge in [0, 0.05) is 17.0 Å². The highest BCUT2D eigenvalue weighted by atomic mass is 15.3. The van der Waals surface area contributed by atoms with E-state index >= 15 is 0 Å². The Morgan fingerprint density at radius 1 is 1.47 bits per heavy atom. The van der Waals surface area contributed by atoms with Crippen LogP contribution >= 0.6 is 0 Å². The van der Waals surface area contributed by atoms with Gasteiger partial charge in [-0.2, -0.15) is 5.10 Å². The zero-order valence-corrected chi connectivity index (χ0v) is 9.36. The third-order valence-corrected chi connectivity index (χ3v) is 2.69. The Hall–Kier alpha value is -1.42. The maximum absolute atomic E-state index is 5.67. The second-order valence-electron chi connectivity index (χ2n) is 4.01. The summed E-state index contributed by atoms with van der Waals surface area (Å²) >= 11 is 0. The lowest BCUT2D eigenvalue weighted by Gasteiger charge is -2.06. The van der Waals surface area contributed by atoms with Gasteiger partial charge >= 0.3 is 0 Å². The summed E-state index contributed by atoms with van der Waals surface area (Å²) < 4.78 is 1.87. The average molecular weight is 204 g/mol. The minimum atomic E-state index is 0.302. The van der Waals surface area contributed by atoms with Crippen molar-refractivity contribution in [1.82, 2.24) is 14.6 Å². The third kappa shape index (κ3) is 1.61. The van der Waals surface area contributed by atoms with Crippen molar-refractivity contribution in [2.45, 2.75) is 26.7 Å². The van der Waals surface area contributed by atoms with Gasteiger partial charge in [-0.1, -0.05) is 6.92 Å². The number of aryl methyl sites for hydroxylation is 2. The molecule has 0 fully saturated rings. The molecule has 0 radical (unpaired) electrons. The minimum absolute atomic E-state index is 0.302. The summed E-state index contributed by atoms with van der Waals surface area (Å²) in [5, 5.41) is 4.33. The zero-order valence-electron chi connectivity index (χ0n) is 9.36. The highest BCUT2D eigenvalue weighted by Gasteiger charge is 2.12. The van der Waals surface area contributed by atoms with Gasteiger partial charge in [0.15, 0.2) is 5.65 Å². The Balaban J connectivity index is 2.68. The molecule has 0 aliphatic heterocycles. The summed E-state index contributed by atoms with van der Waals surface area (Å²) in [4.78, 5) is 4.51. The number of fused-ring (bicyclic) bond motifs is 1. The smallest absolute Gasteiger partial charge is 0.158 e. The molecule has 4 nitrogen and oxygen atoms in total. The van der Waals surface area contributed by atoms with Crippen LogP contribution < -0.4 is 5.73 Å². The molecule has 80 valence electrons. The Morgan fingerprint density at radius 2 is 2.20 bits per heavy atom. The number of hydrogen-bond acceptors (Lipinski definition) is 3. The lowest BCUT2D eigenvalue weighted by atomic mass is 10.1. The average Bonchev–Trinajstić information content (AvgIpc) is 2.60. The SMILES string of the molecule is Cc1cc(C)n2ncc(C(C)CN)c2n1. The van der Waals surface area contributed by atoms with Gasteiger partial charge in [-0.15, -0.1) is 0 Å². The van der Waals surface area contributed by atoms with Crippen LogP contribution in [-0.4, -0.2) is 21.1 Å². The van der Waals surface area contributed by atoms with E-state index in [0.717, 1.165) is 22.6 Å². The maximum atomic E-state index is 5.67. The molecule has 15 heavy (non-hydrogen) atoms. The largest absolute Gasteiger partial charge is 0.330 e. The van der Waals surface area contributed by atoms with Crippen molar-refractivity contribution < 1.29 is 0 Å². The van der Waals surface area contributed by atoms with Crippen molar-refractivity contribution in [2.75, 3.05) is 6.54 Å². The predicted octanol–water partition coefficient (Wildman–Crippen LogP) is 1.41. The van der Waals surface area contributed by atoms with Crippen LogP contribution in [-0.2, 0) is 0 Å². The lowest BCUT2D eigenvalue weighted by Crippen LogP contribution is -2.09. The summed E-state index contributed by atoms with van der Waals surface area (Å²) in [5.74, 6) is 0.302. The molecule has 2 N–H and O–H groups in total. The molecule has 2 heterocycles. The number of nitrogens with two attached hydrogens (primary N) is 1. The minimum Gasteiger partial charge on any atom is -0.330 e. The molecule has 0 aromatic carbocycles. The van der Waals surface area contributed by atoms with Gasteiger partial charge in [0.05, 0.1) is 6.20 Å². The van der Waals surface area contributed by atoms with Gasteiger partial charge in [-0.3, -0.25) is 0 Å². The Bertz CT molecular complexity index is 487. The molecule has 0 amide bonds. The van der Waals surface area contributed by atoms with Crippen LogP contribution in [0.5, 0.6) is 0 Å². The first kappa shape index (κ1) is 10.1. The molecule has 0 saturated heterocycles. The molecule has 0 aliphatic carbocycles. The quantitative estimate of drug-likeness (QED) is 0.804. The van der Waals surface area contributed by atoms with Crippen LogP contribution in [0.3, 0.4) is 0 Å². The second-order valence-corrected chi connectivity index (χ2v) is 4.01. The van der Waals surface area contributed by atoms with E-state index < -0.39 is 0 Å². The molecular formula is C11H16N4. The van der Waals surface area contributed by atoms with Crippen LogP contribution in [0.1, 0.15) is 29.8 Å². The molecule has 0 aliphatic rings. The molecule has 2 aromatic rings. The molecular weight excluding hydrogens is 188 g/mol. The van der Waals surface area contributed by atoms with Crippen molar-refractivity contribution in [3.63, 3.8) is 0 Å². The van der Waals surface area contributed by atoms with Crippen LogP contribution in [0.25, 0.3) is 5.65 Å². The fourth-order valence-electron chi connectivity index (χ4n) is 1.76. The summed E-state index contributed by atoms with van der Waals surface area (Å²) in [6, 6.07) is 2.02. The van der Waals surface area contributed by atoms with E-state index in [1.54, 1.807) is 0 Å². The van der Waals surface area contributed by atoms with Crippen molar-refractivity contribution in [2.24, 2.45) is 5.73 Å². The first-order valence-electron chi connectivity index (χ1n) is 5.15. The summed E-state index contributed by atoms with van der Waals surface area (Å²) in [6.45, 7) is 6.74. The number of aromatic nitrogens is 3. The van der Waals surface area contributed by atoms with Crippen LogP contribution in [0.15, 0.2) is 12.3 Å². The summed E-state index contributed by atoms with van der Waals surface area (Å²) in [5.41, 5.74) is 9.85. The normalized spacial score (nSPS) is 13.3. The number of rotatable bonds is 2. The Labute approximate surface area is 89.1 Å². The Morgan fingerprint density at radius 3 is 2.87 bits per heavy atom. The van der Waals surface area contributed by atoms with Crippen LogP contribution in [0.2, 0.25) is 0 Å². The van der Waals surface area contributed by atoms with Gasteiger partial charge in [0.25, 0.3) is 0 Å². The highest BCUT2D eigenvalue weighted by Crippen LogP contribution is 2.19. The van der Waals surface area contributed by atoms with E-state index in [1.165, 1.54) is 0 Å². The number of nitrogens with zero attached hydrogens (tertiary/aromatic N) is 3. The van der Waals surface area contributed by atoms with Crippen molar-refractivity contribution in [3.8, 4) is 0 Å².